The molecule has 0 bridgehead atoms. The standard InChI is InChI=1S/2Cr.Cu.3H2O4S/c;;;3*1-5(2,3)4/h;;;3*(H2,1,2,3,4)/q2*+3;;;;/p-6. The van der Waals surface area contributed by atoms with Crippen molar-refractivity contribution in [2.24, 2.45) is 0 Å². The van der Waals surface area contributed by atoms with E-state index in [2.05, 4.69) is 0 Å². The predicted molar refractivity (Wildman–Crippen MR) is 31.4 cm³/mol. The van der Waals surface area contributed by atoms with Crippen LogP contribution >= 0.6 is 0 Å². The molecule has 113 valence electrons. The third-order valence-corrected chi connectivity index (χ3v) is 0. The van der Waals surface area contributed by atoms with Gasteiger partial charge in [-0.3, -0.25) is 25.3 Å². The number of hydrogen-bond acceptors (Lipinski definition) is 12. The maximum atomic E-state index is 8.52. The van der Waals surface area contributed by atoms with Crippen LogP contribution in [0.1, 0.15) is 0 Å². The zero-order chi connectivity index (χ0) is 13.5. The van der Waals surface area contributed by atoms with Crippen LogP contribution in [0.2, 0.25) is 0 Å². The van der Waals surface area contributed by atoms with E-state index in [1.165, 1.54) is 0 Å². The predicted octanol–water partition coefficient (Wildman–Crippen LogP) is -4.02. The van der Waals surface area contributed by atoms with Crippen molar-refractivity contribution < 1.29 is 104 Å². The molecule has 0 aromatic rings. The van der Waals surface area contributed by atoms with E-state index in [-0.39, 0.29) is 51.8 Å². The molecule has 0 spiro atoms. The Kier molecular flexibility index (Phi) is 29.6. The summed E-state index contributed by atoms with van der Waals surface area (Å²) in [4.78, 5) is 0. The Hall–Kier alpha value is 1.19. The molecular weight excluding hydrogens is 456 g/mol. The fourth-order valence-corrected chi connectivity index (χ4v) is 0. The molecular formula is Cr2CuO12S3. The molecule has 18 heteroatoms. The van der Waals surface area contributed by atoms with Crippen LogP contribution in [0, 0.1) is 0 Å². The van der Waals surface area contributed by atoms with Crippen molar-refractivity contribution in [3.05, 3.63) is 0 Å². The third-order valence-electron chi connectivity index (χ3n) is 0. The number of rotatable bonds is 0. The van der Waals surface area contributed by atoms with Crippen LogP contribution in [0.15, 0.2) is 0 Å². The van der Waals surface area contributed by atoms with Crippen LogP contribution in [0.25, 0.3) is 0 Å². The van der Waals surface area contributed by atoms with Crippen molar-refractivity contribution in [1.29, 1.82) is 0 Å². The summed E-state index contributed by atoms with van der Waals surface area (Å²) < 4.78 is 102. The largest absolute Gasteiger partial charge is 3.00 e. The van der Waals surface area contributed by atoms with Crippen LogP contribution in [0.5, 0.6) is 0 Å². The van der Waals surface area contributed by atoms with Crippen molar-refractivity contribution in [3.63, 3.8) is 0 Å². The summed E-state index contributed by atoms with van der Waals surface area (Å²) in [6.07, 6.45) is 0. The maximum Gasteiger partial charge on any atom is 3.00 e. The Morgan fingerprint density at radius 3 is 0.444 bits per heavy atom. The quantitative estimate of drug-likeness (QED) is 0.192. The fourth-order valence-electron chi connectivity index (χ4n) is 0. The van der Waals surface area contributed by atoms with Crippen LogP contribution in [0.3, 0.4) is 0 Å². The van der Waals surface area contributed by atoms with E-state index in [0.29, 0.717) is 0 Å². The zero-order valence-electron chi connectivity index (χ0n) is 7.24. The molecule has 0 aromatic carbocycles. The van der Waals surface area contributed by atoms with Gasteiger partial charge in [-0.1, -0.05) is 0 Å². The monoisotopic (exact) mass is 455 g/mol. The molecule has 0 saturated heterocycles. The molecule has 0 unspecified atom stereocenters. The molecule has 0 atom stereocenters. The summed E-state index contributed by atoms with van der Waals surface area (Å²) in [7, 11) is -15.5. The van der Waals surface area contributed by atoms with Gasteiger partial charge in [-0.2, -0.15) is 0 Å². The molecule has 0 aliphatic rings. The van der Waals surface area contributed by atoms with Gasteiger partial charge < -0.3 is 27.3 Å². The van der Waals surface area contributed by atoms with E-state index in [9.17, 15) is 0 Å². The molecule has 0 aromatic heterocycles. The van der Waals surface area contributed by atoms with E-state index in [4.69, 9.17) is 52.6 Å². The van der Waals surface area contributed by atoms with Gasteiger partial charge in [0.2, 0.25) is 0 Å². The van der Waals surface area contributed by atoms with Crippen LogP contribution in [-0.4, -0.2) is 52.6 Å². The van der Waals surface area contributed by atoms with Gasteiger partial charge >= 0.3 is 34.7 Å². The van der Waals surface area contributed by atoms with Gasteiger partial charge in [-0.05, 0) is 0 Å². The van der Waals surface area contributed by atoms with Crippen LogP contribution in [-0.2, 0) is 83.0 Å². The molecule has 12 nitrogen and oxygen atoms in total. The molecule has 0 heterocycles. The molecule has 0 aliphatic heterocycles. The normalized spacial score (nSPS) is 9.67. The molecule has 0 aliphatic carbocycles. The molecule has 0 saturated carbocycles. The average molecular weight is 456 g/mol. The molecule has 0 amide bonds. The first kappa shape index (κ1) is 36.5. The van der Waals surface area contributed by atoms with Gasteiger partial charge in [0.25, 0.3) is 0 Å². The second-order valence-corrected chi connectivity index (χ2v) is 3.67. The summed E-state index contributed by atoms with van der Waals surface area (Å²) in [6, 6.07) is 0. The van der Waals surface area contributed by atoms with Gasteiger partial charge in [0.1, 0.15) is 0 Å². The van der Waals surface area contributed by atoms with Crippen molar-refractivity contribution in [3.8, 4) is 0 Å². The molecule has 18 heavy (non-hydrogen) atoms. The zero-order valence-corrected chi connectivity index (χ0v) is 13.2. The second-order valence-electron chi connectivity index (χ2n) is 1.22. The summed E-state index contributed by atoms with van der Waals surface area (Å²) in [6.45, 7) is 0. The minimum Gasteiger partial charge on any atom is -0.759 e. The SMILES string of the molecule is O=S(=O)([O-])[O-].O=S(=O)([O-])[O-].O=S(=O)([O-])[O-].[Cr+3].[Cr+3].[Cu]. The average Bonchev–Trinajstić information content (AvgIpc) is 1.41. The summed E-state index contributed by atoms with van der Waals surface area (Å²) in [5.41, 5.74) is 0. The van der Waals surface area contributed by atoms with Crippen molar-refractivity contribution in [2.45, 2.75) is 0 Å². The summed E-state index contributed by atoms with van der Waals surface area (Å²) >= 11 is 0. The van der Waals surface area contributed by atoms with Gasteiger partial charge in [-0.25, -0.2) is 0 Å². The van der Waals surface area contributed by atoms with Gasteiger partial charge in [0.15, 0.2) is 0 Å². The molecule has 0 N–H and O–H groups in total. The van der Waals surface area contributed by atoms with E-state index >= 15 is 0 Å². The Morgan fingerprint density at radius 2 is 0.444 bits per heavy atom. The third kappa shape index (κ3) is 3160. The summed E-state index contributed by atoms with van der Waals surface area (Å²) in [5, 5.41) is 0. The van der Waals surface area contributed by atoms with Gasteiger partial charge in [0.05, 0.1) is 0 Å². The fraction of sp³-hybridized carbons (Fsp3) is 0. The van der Waals surface area contributed by atoms with Crippen molar-refractivity contribution in [1.82, 2.24) is 0 Å². The first-order chi connectivity index (χ1) is 6.00. The van der Waals surface area contributed by atoms with E-state index in [0.717, 1.165) is 0 Å². The van der Waals surface area contributed by atoms with E-state index < -0.39 is 31.2 Å². The van der Waals surface area contributed by atoms with Crippen molar-refractivity contribution >= 4 is 31.2 Å². The summed E-state index contributed by atoms with van der Waals surface area (Å²) in [5.74, 6) is 0. The van der Waals surface area contributed by atoms with Gasteiger partial charge in [-0.15, -0.1) is 0 Å². The van der Waals surface area contributed by atoms with E-state index in [1.54, 1.807) is 0 Å². The Bertz CT molecular complexity index is 346. The Balaban J connectivity index is -0.0000000277. The molecule has 0 rings (SSSR count). The Morgan fingerprint density at radius 1 is 0.444 bits per heavy atom. The number of hydrogen-bond donors (Lipinski definition) is 0. The molecule has 0 fully saturated rings. The van der Waals surface area contributed by atoms with E-state index in [1.807, 2.05) is 0 Å². The van der Waals surface area contributed by atoms with Crippen molar-refractivity contribution in [2.75, 3.05) is 0 Å². The van der Waals surface area contributed by atoms with Crippen LogP contribution < -0.4 is 0 Å². The molecule has 3 radical (unpaired) electrons. The maximum absolute atomic E-state index is 8.52. The topological polar surface area (TPSA) is 241 Å². The smallest absolute Gasteiger partial charge is 0.759 e. The minimum atomic E-state index is -5.17. The van der Waals surface area contributed by atoms with Crippen LogP contribution in [0.4, 0.5) is 0 Å². The first-order valence-corrected chi connectivity index (χ1v) is 6.00. The van der Waals surface area contributed by atoms with Gasteiger partial charge in [0, 0.05) is 48.3 Å². The second kappa shape index (κ2) is 14.6. The minimum absolute atomic E-state index is 0. The Labute approximate surface area is 135 Å². The first-order valence-electron chi connectivity index (χ1n) is 2.00.